The average molecular weight is 836 g/mol. The minimum Gasteiger partial charge on any atom is -0.461 e. The van der Waals surface area contributed by atoms with Gasteiger partial charge in [0.15, 0.2) is 0 Å². The summed E-state index contributed by atoms with van der Waals surface area (Å²) in [7, 11) is 2.10. The molecule has 0 spiro atoms. The first-order valence-corrected chi connectivity index (χ1v) is 25.0. The van der Waals surface area contributed by atoms with Gasteiger partial charge in [-0.1, -0.05) is 141 Å². The molecule has 348 valence electrons. The summed E-state index contributed by atoms with van der Waals surface area (Å²) in [4.78, 5) is 27.5. The lowest BCUT2D eigenvalue weighted by atomic mass is 10.1. The van der Waals surface area contributed by atoms with Gasteiger partial charge in [-0.05, 0) is 91.9 Å². The Morgan fingerprint density at radius 2 is 0.881 bits per heavy atom. The number of allylic oxidation sites excluding steroid dienone is 4. The van der Waals surface area contributed by atoms with Gasteiger partial charge in [0.25, 0.3) is 0 Å². The molecule has 0 aliphatic rings. The molecule has 0 saturated heterocycles. The number of carbonyl (C=O) groups excluding carboxylic acids is 2. The quantitative estimate of drug-likeness (QED) is 0.0273. The topological polar surface area (TPSA) is 96.3 Å². The van der Waals surface area contributed by atoms with Crippen molar-refractivity contribution >= 4 is 11.9 Å². The van der Waals surface area contributed by atoms with E-state index in [1.165, 1.54) is 122 Å². The summed E-state index contributed by atoms with van der Waals surface area (Å²) >= 11 is 0. The Kier molecular flexibility index (Phi) is 39.1. The molecule has 0 radical (unpaired) electrons. The fourth-order valence-electron chi connectivity index (χ4n) is 8.21. The Morgan fingerprint density at radius 3 is 1.27 bits per heavy atom. The van der Waals surface area contributed by atoms with Crippen LogP contribution in [0.4, 0.5) is 0 Å². The summed E-state index contributed by atoms with van der Waals surface area (Å²) in [5, 5.41) is 20.7. The molecule has 0 rings (SSSR count). The Morgan fingerprint density at radius 1 is 0.508 bits per heavy atom. The number of quaternary nitrogens is 1. The van der Waals surface area contributed by atoms with E-state index < -0.39 is 12.2 Å². The lowest BCUT2D eigenvalue weighted by Gasteiger charge is -2.39. The van der Waals surface area contributed by atoms with Crippen molar-refractivity contribution in [2.24, 2.45) is 0 Å². The highest BCUT2D eigenvalue weighted by Crippen LogP contribution is 2.15. The van der Waals surface area contributed by atoms with Crippen molar-refractivity contribution in [3.63, 3.8) is 0 Å². The van der Waals surface area contributed by atoms with Crippen LogP contribution >= 0.6 is 0 Å². The van der Waals surface area contributed by atoms with Crippen molar-refractivity contribution in [3.8, 4) is 0 Å². The predicted octanol–water partition coefficient (Wildman–Crippen LogP) is 12.4. The van der Waals surface area contributed by atoms with E-state index in [9.17, 15) is 19.8 Å². The number of hydrogen-bond donors (Lipinski definition) is 2. The Labute approximate surface area is 365 Å². The van der Waals surface area contributed by atoms with Crippen LogP contribution in [0.2, 0.25) is 0 Å². The summed E-state index contributed by atoms with van der Waals surface area (Å²) in [6.45, 7) is 15.4. The van der Waals surface area contributed by atoms with E-state index in [1.54, 1.807) is 13.8 Å². The van der Waals surface area contributed by atoms with Gasteiger partial charge in [-0.25, -0.2) is 0 Å². The molecule has 0 fully saturated rings. The zero-order valence-corrected chi connectivity index (χ0v) is 40.1. The van der Waals surface area contributed by atoms with Crippen LogP contribution in [0.1, 0.15) is 221 Å². The molecule has 0 heterocycles. The lowest BCUT2D eigenvalue weighted by molar-refractivity contribution is -0.914. The summed E-state index contributed by atoms with van der Waals surface area (Å²) in [5.41, 5.74) is 0. The fourth-order valence-corrected chi connectivity index (χ4v) is 8.21. The maximum atomic E-state index is 12.7. The number of rotatable bonds is 43. The maximum absolute atomic E-state index is 12.7. The van der Waals surface area contributed by atoms with Crippen LogP contribution in [0.15, 0.2) is 24.3 Å². The van der Waals surface area contributed by atoms with Crippen molar-refractivity contribution in [1.29, 1.82) is 0 Å². The third-order valence-electron chi connectivity index (χ3n) is 11.3. The monoisotopic (exact) mass is 836 g/mol. The number of nitrogens with zero attached hydrogens (tertiary/aromatic N) is 2. The molecular formula is C51H99N2O6+. The predicted molar refractivity (Wildman–Crippen MR) is 251 cm³/mol. The van der Waals surface area contributed by atoms with Gasteiger partial charge in [0.05, 0.1) is 19.7 Å². The van der Waals surface area contributed by atoms with E-state index in [0.29, 0.717) is 56.6 Å². The van der Waals surface area contributed by atoms with Crippen LogP contribution in [0.3, 0.4) is 0 Å². The highest BCUT2D eigenvalue weighted by molar-refractivity contribution is 5.69. The van der Waals surface area contributed by atoms with Crippen molar-refractivity contribution < 1.29 is 33.8 Å². The van der Waals surface area contributed by atoms with Gasteiger partial charge in [0.1, 0.15) is 31.4 Å². The fraction of sp³-hybridized carbons (Fsp3) is 0.882. The molecule has 5 atom stereocenters. The van der Waals surface area contributed by atoms with Gasteiger partial charge in [-0.15, -0.1) is 0 Å². The van der Waals surface area contributed by atoms with Crippen LogP contribution in [0, 0.1) is 0 Å². The zero-order chi connectivity index (χ0) is 43.8. The second-order valence-electron chi connectivity index (χ2n) is 18.4. The largest absolute Gasteiger partial charge is 0.461 e. The number of aliphatic hydroxyl groups excluding tert-OH is 2. The van der Waals surface area contributed by atoms with Crippen LogP contribution in [-0.4, -0.2) is 102 Å². The first-order chi connectivity index (χ1) is 28.4. The molecule has 5 unspecified atom stereocenters. The molecule has 0 amide bonds. The normalized spacial score (nSPS) is 15.2. The van der Waals surface area contributed by atoms with Crippen LogP contribution in [0.5, 0.6) is 0 Å². The summed E-state index contributed by atoms with van der Waals surface area (Å²) < 4.78 is 12.2. The molecule has 0 bridgehead atoms. The molecule has 0 aromatic carbocycles. The van der Waals surface area contributed by atoms with Crippen molar-refractivity contribution in [3.05, 3.63) is 24.3 Å². The van der Waals surface area contributed by atoms with E-state index in [4.69, 9.17) is 9.47 Å². The molecule has 0 aromatic heterocycles. The van der Waals surface area contributed by atoms with Gasteiger partial charge in [0, 0.05) is 32.5 Å². The number of unbranched alkanes of at least 4 members (excludes halogenated alkanes) is 22. The third kappa shape index (κ3) is 40.1. The Hall–Kier alpha value is -1.74. The summed E-state index contributed by atoms with van der Waals surface area (Å²) in [6.07, 6.45) is 40.5. The lowest BCUT2D eigenvalue weighted by Crippen LogP contribution is -2.56. The molecule has 0 aromatic rings. The summed E-state index contributed by atoms with van der Waals surface area (Å²) in [6, 6.07) is 0. The van der Waals surface area contributed by atoms with E-state index in [0.717, 1.165) is 44.9 Å². The van der Waals surface area contributed by atoms with Crippen LogP contribution in [-0.2, 0) is 19.1 Å². The number of hydrogen-bond acceptors (Lipinski definition) is 7. The number of carbonyl (C=O) groups is 2. The minimum absolute atomic E-state index is 0.144. The third-order valence-corrected chi connectivity index (χ3v) is 11.3. The smallest absolute Gasteiger partial charge is 0.306 e. The Bertz CT molecular complexity index is 1020. The van der Waals surface area contributed by atoms with Gasteiger partial charge >= 0.3 is 11.9 Å². The Balaban J connectivity index is 4.43. The van der Waals surface area contributed by atoms with Crippen molar-refractivity contribution in [2.75, 3.05) is 46.3 Å². The number of aliphatic hydroxyl groups is 2. The highest BCUT2D eigenvalue weighted by atomic mass is 16.5. The SMILES string of the molecule is CCCCCCCC=CCCCCCCCCC(=O)OC(C)C[N+](C)(CCN(CC(C)O)CC(C)OC(=O)CCCCCCCC=CCCCCCCCC)CC(C)O. The van der Waals surface area contributed by atoms with Gasteiger partial charge in [-0.2, -0.15) is 0 Å². The molecular weight excluding hydrogens is 737 g/mol. The van der Waals surface area contributed by atoms with E-state index >= 15 is 0 Å². The van der Waals surface area contributed by atoms with Crippen LogP contribution < -0.4 is 0 Å². The first kappa shape index (κ1) is 57.3. The molecule has 0 aliphatic heterocycles. The summed E-state index contributed by atoms with van der Waals surface area (Å²) in [5.74, 6) is -0.298. The van der Waals surface area contributed by atoms with E-state index in [2.05, 4.69) is 50.1 Å². The molecule has 0 aliphatic carbocycles. The number of esters is 2. The molecule has 59 heavy (non-hydrogen) atoms. The van der Waals surface area contributed by atoms with Gasteiger partial charge < -0.3 is 24.2 Å². The van der Waals surface area contributed by atoms with Crippen LogP contribution in [0.25, 0.3) is 0 Å². The van der Waals surface area contributed by atoms with Gasteiger partial charge in [-0.3, -0.25) is 14.5 Å². The number of ether oxygens (including phenoxy) is 2. The molecule has 0 saturated carbocycles. The first-order valence-electron chi connectivity index (χ1n) is 25.0. The van der Waals surface area contributed by atoms with Crippen molar-refractivity contribution in [1.82, 2.24) is 4.90 Å². The van der Waals surface area contributed by atoms with E-state index in [1.807, 2.05) is 13.8 Å². The minimum atomic E-state index is -0.527. The van der Waals surface area contributed by atoms with Crippen molar-refractivity contribution in [2.45, 2.75) is 246 Å². The maximum Gasteiger partial charge on any atom is 0.306 e. The zero-order valence-electron chi connectivity index (χ0n) is 40.1. The molecule has 8 heteroatoms. The highest BCUT2D eigenvalue weighted by Gasteiger charge is 2.29. The van der Waals surface area contributed by atoms with E-state index in [-0.39, 0.29) is 24.1 Å². The number of likely N-dealkylation sites (N-methyl/N-ethyl adjacent to an activating group) is 1. The standard InChI is InChI=1S/C51H99N2O6/c1-8-10-12-14-16-18-20-22-24-26-28-30-32-34-36-38-50(56)58-48(5)43-52(42-46(3)54)40-41-53(7,44-47(4)55)45-49(6)59-51(57)39-37-35-33-31-29-27-25-23-21-19-17-15-13-11-9-2/h21-24,46-49,54-55H,8-20,25-45H2,1-7H3/q+1. The van der Waals surface area contributed by atoms with Gasteiger partial charge in [0.2, 0.25) is 0 Å². The molecule has 8 nitrogen and oxygen atoms in total. The molecule has 2 N–H and O–H groups in total. The average Bonchev–Trinajstić information content (AvgIpc) is 3.16. The second-order valence-corrected chi connectivity index (χ2v) is 18.4. The second kappa shape index (κ2) is 40.3.